The fourth-order valence-electron chi connectivity index (χ4n) is 3.11. The summed E-state index contributed by atoms with van der Waals surface area (Å²) in [7, 11) is 0. The van der Waals surface area contributed by atoms with Crippen LogP contribution in [0.3, 0.4) is 0 Å². The molecule has 0 aromatic carbocycles. The number of carbonyl (C=O) groups is 1. The third kappa shape index (κ3) is 2.46. The SMILES string of the molecule is Cc1nc2sc3c(c2c2nc(CCC(=O)O)nn12)CC(C)(C)OC3. The molecule has 0 radical (unpaired) electrons. The van der Waals surface area contributed by atoms with Crippen LogP contribution in [0.4, 0.5) is 0 Å². The number of aromatic nitrogens is 4. The molecule has 0 bridgehead atoms. The summed E-state index contributed by atoms with van der Waals surface area (Å²) in [6.45, 7) is 6.65. The van der Waals surface area contributed by atoms with E-state index < -0.39 is 5.97 Å². The Kier molecular flexibility index (Phi) is 3.36. The fraction of sp³-hybridized carbons (Fsp3) is 0.500. The number of aliphatic carboxylic acids is 1. The zero-order valence-corrected chi connectivity index (χ0v) is 14.6. The molecule has 0 spiro atoms. The van der Waals surface area contributed by atoms with Crippen molar-refractivity contribution in [2.45, 2.75) is 52.2 Å². The van der Waals surface area contributed by atoms with Crippen LogP contribution < -0.4 is 0 Å². The van der Waals surface area contributed by atoms with Crippen LogP contribution in [0.5, 0.6) is 0 Å². The van der Waals surface area contributed by atoms with Crippen molar-refractivity contribution < 1.29 is 14.6 Å². The van der Waals surface area contributed by atoms with Crippen molar-refractivity contribution in [3.8, 4) is 0 Å². The molecule has 0 amide bonds. The first-order valence-corrected chi connectivity index (χ1v) is 8.68. The number of hydrogen-bond donors (Lipinski definition) is 1. The predicted octanol–water partition coefficient (Wildman–Crippen LogP) is 2.52. The minimum absolute atomic E-state index is 0.0229. The minimum atomic E-state index is -0.847. The maximum Gasteiger partial charge on any atom is 0.303 e. The second-order valence-corrected chi connectivity index (χ2v) is 7.81. The molecule has 0 saturated carbocycles. The average molecular weight is 346 g/mol. The molecule has 4 rings (SSSR count). The standard InChI is InChI=1S/C16H18N4O3S/c1-8-17-15-13(9-6-16(2,3)23-7-10(9)24-15)14-18-11(19-20(8)14)4-5-12(21)22/h4-7H2,1-3H3,(H,21,22). The number of thiophene rings is 1. The van der Waals surface area contributed by atoms with Crippen molar-refractivity contribution >= 4 is 33.2 Å². The van der Waals surface area contributed by atoms with E-state index >= 15 is 0 Å². The lowest BCUT2D eigenvalue weighted by Crippen LogP contribution is -2.31. The molecule has 7 nitrogen and oxygen atoms in total. The zero-order valence-electron chi connectivity index (χ0n) is 13.8. The number of ether oxygens (including phenoxy) is 1. The first kappa shape index (κ1) is 15.5. The van der Waals surface area contributed by atoms with Crippen LogP contribution in [-0.4, -0.2) is 36.3 Å². The Bertz CT molecular complexity index is 973. The van der Waals surface area contributed by atoms with Gasteiger partial charge < -0.3 is 9.84 Å². The van der Waals surface area contributed by atoms with Gasteiger partial charge in [-0.2, -0.15) is 4.52 Å². The Morgan fingerprint density at radius 2 is 2.21 bits per heavy atom. The van der Waals surface area contributed by atoms with Crippen LogP contribution in [0.25, 0.3) is 15.9 Å². The van der Waals surface area contributed by atoms with Crippen molar-refractivity contribution in [3.05, 3.63) is 22.1 Å². The number of hydrogen-bond acceptors (Lipinski definition) is 6. The normalized spacial score (nSPS) is 16.6. The Labute approximate surface area is 142 Å². The van der Waals surface area contributed by atoms with E-state index in [1.54, 1.807) is 15.9 Å². The summed E-state index contributed by atoms with van der Waals surface area (Å²) in [4.78, 5) is 22.2. The largest absolute Gasteiger partial charge is 0.481 e. The third-order valence-electron chi connectivity index (χ3n) is 4.28. The van der Waals surface area contributed by atoms with Gasteiger partial charge in [0.25, 0.3) is 0 Å². The number of nitrogens with zero attached hydrogens (tertiary/aromatic N) is 4. The lowest BCUT2D eigenvalue weighted by molar-refractivity contribution is -0.137. The average Bonchev–Trinajstić information content (AvgIpc) is 3.05. The lowest BCUT2D eigenvalue weighted by Gasteiger charge is -2.30. The summed E-state index contributed by atoms with van der Waals surface area (Å²) in [5.41, 5.74) is 1.80. The number of aryl methyl sites for hydroxylation is 2. The molecule has 1 N–H and O–H groups in total. The Balaban J connectivity index is 1.92. The number of fused-ring (bicyclic) bond motifs is 5. The Morgan fingerprint density at radius 3 is 2.96 bits per heavy atom. The molecular formula is C16H18N4O3S. The first-order chi connectivity index (χ1) is 11.3. The molecule has 24 heavy (non-hydrogen) atoms. The molecular weight excluding hydrogens is 328 g/mol. The van der Waals surface area contributed by atoms with E-state index in [1.165, 1.54) is 10.4 Å². The molecule has 3 aromatic rings. The zero-order chi connectivity index (χ0) is 17.1. The summed E-state index contributed by atoms with van der Waals surface area (Å²) in [5.74, 6) is 0.451. The smallest absolute Gasteiger partial charge is 0.303 e. The van der Waals surface area contributed by atoms with Crippen LogP contribution in [0, 0.1) is 6.92 Å². The highest BCUT2D eigenvalue weighted by molar-refractivity contribution is 7.19. The Morgan fingerprint density at radius 1 is 1.42 bits per heavy atom. The molecule has 0 aliphatic carbocycles. The van der Waals surface area contributed by atoms with Crippen LogP contribution in [0.15, 0.2) is 0 Å². The van der Waals surface area contributed by atoms with Crippen LogP contribution in [-0.2, 0) is 29.0 Å². The molecule has 8 heteroatoms. The summed E-state index contributed by atoms with van der Waals surface area (Å²) >= 11 is 1.65. The van der Waals surface area contributed by atoms with Gasteiger partial charge >= 0.3 is 5.97 Å². The van der Waals surface area contributed by atoms with Crippen molar-refractivity contribution in [3.63, 3.8) is 0 Å². The number of carboxylic acid groups (broad SMARTS) is 1. The van der Waals surface area contributed by atoms with Crippen LogP contribution in [0.1, 0.15) is 42.4 Å². The number of rotatable bonds is 3. The van der Waals surface area contributed by atoms with E-state index in [-0.39, 0.29) is 12.0 Å². The quantitative estimate of drug-likeness (QED) is 0.784. The van der Waals surface area contributed by atoms with Gasteiger partial charge in [-0.25, -0.2) is 9.97 Å². The highest BCUT2D eigenvalue weighted by Gasteiger charge is 2.31. The Hall–Kier alpha value is -2.06. The molecule has 0 fully saturated rings. The van der Waals surface area contributed by atoms with Crippen LogP contribution in [0.2, 0.25) is 0 Å². The van der Waals surface area contributed by atoms with E-state index in [2.05, 4.69) is 28.9 Å². The van der Waals surface area contributed by atoms with Crippen LogP contribution >= 0.6 is 11.3 Å². The van der Waals surface area contributed by atoms with Gasteiger partial charge in [0.1, 0.15) is 10.7 Å². The third-order valence-corrected chi connectivity index (χ3v) is 5.37. The topological polar surface area (TPSA) is 89.6 Å². The monoisotopic (exact) mass is 346 g/mol. The summed E-state index contributed by atoms with van der Waals surface area (Å²) in [6, 6.07) is 0. The van der Waals surface area contributed by atoms with E-state index in [0.29, 0.717) is 18.9 Å². The van der Waals surface area contributed by atoms with Crippen molar-refractivity contribution in [2.75, 3.05) is 0 Å². The minimum Gasteiger partial charge on any atom is -0.481 e. The predicted molar refractivity (Wildman–Crippen MR) is 89.4 cm³/mol. The van der Waals surface area contributed by atoms with E-state index in [4.69, 9.17) is 9.84 Å². The van der Waals surface area contributed by atoms with E-state index in [1.807, 2.05) is 6.92 Å². The maximum absolute atomic E-state index is 10.8. The van der Waals surface area contributed by atoms with Gasteiger partial charge in [0, 0.05) is 17.7 Å². The first-order valence-electron chi connectivity index (χ1n) is 7.86. The van der Waals surface area contributed by atoms with Gasteiger partial charge in [-0.3, -0.25) is 4.79 Å². The molecule has 0 saturated heterocycles. The summed E-state index contributed by atoms with van der Waals surface area (Å²) in [5, 5.41) is 14.4. The van der Waals surface area contributed by atoms with Gasteiger partial charge in [0.2, 0.25) is 0 Å². The van der Waals surface area contributed by atoms with Crippen molar-refractivity contribution in [1.82, 2.24) is 19.6 Å². The highest BCUT2D eigenvalue weighted by Crippen LogP contribution is 2.39. The summed E-state index contributed by atoms with van der Waals surface area (Å²) < 4.78 is 7.64. The second-order valence-electron chi connectivity index (χ2n) is 6.73. The summed E-state index contributed by atoms with van der Waals surface area (Å²) in [6.07, 6.45) is 1.15. The molecule has 3 aromatic heterocycles. The molecule has 0 atom stereocenters. The molecule has 1 aliphatic rings. The van der Waals surface area contributed by atoms with E-state index in [9.17, 15) is 4.79 Å². The molecule has 126 valence electrons. The van der Waals surface area contributed by atoms with Crippen molar-refractivity contribution in [2.24, 2.45) is 0 Å². The van der Waals surface area contributed by atoms with E-state index in [0.717, 1.165) is 28.1 Å². The second kappa shape index (κ2) is 5.22. The molecule has 0 unspecified atom stereocenters. The number of carboxylic acids is 1. The molecule has 4 heterocycles. The fourth-order valence-corrected chi connectivity index (χ4v) is 4.25. The van der Waals surface area contributed by atoms with Gasteiger partial charge in [0.05, 0.1) is 24.0 Å². The maximum atomic E-state index is 10.8. The highest BCUT2D eigenvalue weighted by atomic mass is 32.1. The van der Waals surface area contributed by atoms with Gasteiger partial charge in [-0.15, -0.1) is 16.4 Å². The molecule has 1 aliphatic heterocycles. The lowest BCUT2D eigenvalue weighted by atomic mass is 9.94. The van der Waals surface area contributed by atoms with Crippen molar-refractivity contribution in [1.29, 1.82) is 0 Å². The van der Waals surface area contributed by atoms with Gasteiger partial charge in [-0.1, -0.05) is 0 Å². The van der Waals surface area contributed by atoms with Gasteiger partial charge in [-0.05, 0) is 26.3 Å². The van der Waals surface area contributed by atoms with Gasteiger partial charge in [0.15, 0.2) is 11.5 Å².